The first-order valence-electron chi connectivity index (χ1n) is 5.80. The van der Waals surface area contributed by atoms with Gasteiger partial charge in [0.05, 0.1) is 13.2 Å². The van der Waals surface area contributed by atoms with Gasteiger partial charge in [0.2, 0.25) is 5.91 Å². The summed E-state index contributed by atoms with van der Waals surface area (Å²) >= 11 is 1.27. The Labute approximate surface area is 110 Å². The number of nitrogens with one attached hydrogen (secondary N) is 2. The van der Waals surface area contributed by atoms with Crippen molar-refractivity contribution < 1.29 is 14.3 Å². The molecular formula is C11H17N3O3S. The number of rotatable bonds is 7. The van der Waals surface area contributed by atoms with E-state index in [0.29, 0.717) is 18.3 Å². The van der Waals surface area contributed by atoms with Crippen LogP contribution in [0.4, 0.5) is 5.13 Å². The van der Waals surface area contributed by atoms with Gasteiger partial charge in [0.15, 0.2) is 10.8 Å². The molecule has 0 unspecified atom stereocenters. The predicted molar refractivity (Wildman–Crippen MR) is 69.9 cm³/mol. The number of aromatic nitrogens is 1. The Hall–Kier alpha value is -1.63. The Morgan fingerprint density at radius 3 is 2.89 bits per heavy atom. The molecule has 7 heteroatoms. The van der Waals surface area contributed by atoms with Crippen LogP contribution in [-0.4, -0.2) is 36.6 Å². The Morgan fingerprint density at radius 1 is 1.44 bits per heavy atom. The topological polar surface area (TPSA) is 80.3 Å². The molecule has 18 heavy (non-hydrogen) atoms. The first-order valence-corrected chi connectivity index (χ1v) is 6.68. The average Bonchev–Trinajstić information content (AvgIpc) is 2.83. The van der Waals surface area contributed by atoms with Crippen LogP contribution in [0.15, 0.2) is 5.38 Å². The third-order valence-electron chi connectivity index (χ3n) is 1.96. The van der Waals surface area contributed by atoms with Gasteiger partial charge in [-0.15, -0.1) is 11.3 Å². The van der Waals surface area contributed by atoms with Crippen molar-refractivity contribution in [1.82, 2.24) is 10.3 Å². The first kappa shape index (κ1) is 14.4. The zero-order valence-corrected chi connectivity index (χ0v) is 11.3. The molecule has 0 radical (unpaired) electrons. The van der Waals surface area contributed by atoms with Crippen LogP contribution in [0.25, 0.3) is 0 Å². The van der Waals surface area contributed by atoms with Crippen LogP contribution in [0.3, 0.4) is 0 Å². The molecule has 1 aromatic heterocycles. The number of ether oxygens (including phenoxy) is 1. The van der Waals surface area contributed by atoms with Gasteiger partial charge in [-0.05, 0) is 13.3 Å². The lowest BCUT2D eigenvalue weighted by Gasteiger charge is -2.03. The van der Waals surface area contributed by atoms with Gasteiger partial charge in [-0.25, -0.2) is 9.78 Å². The molecule has 0 spiro atoms. The smallest absolute Gasteiger partial charge is 0.357 e. The highest BCUT2D eigenvalue weighted by atomic mass is 32.1. The van der Waals surface area contributed by atoms with Crippen LogP contribution in [0.1, 0.15) is 30.8 Å². The quantitative estimate of drug-likeness (QED) is 0.730. The van der Waals surface area contributed by atoms with E-state index < -0.39 is 5.97 Å². The van der Waals surface area contributed by atoms with Gasteiger partial charge >= 0.3 is 5.97 Å². The molecule has 0 aliphatic carbocycles. The van der Waals surface area contributed by atoms with Crippen LogP contribution in [0, 0.1) is 0 Å². The van der Waals surface area contributed by atoms with Gasteiger partial charge in [0.1, 0.15) is 0 Å². The SMILES string of the molecule is CCCNC(=O)CNc1nc(C(=O)OCC)cs1. The first-order chi connectivity index (χ1) is 8.67. The zero-order chi connectivity index (χ0) is 13.4. The van der Waals surface area contributed by atoms with Crippen LogP contribution < -0.4 is 10.6 Å². The maximum absolute atomic E-state index is 11.4. The number of esters is 1. The molecule has 0 aliphatic rings. The normalized spacial score (nSPS) is 9.89. The molecule has 1 rings (SSSR count). The Morgan fingerprint density at radius 2 is 2.22 bits per heavy atom. The van der Waals surface area contributed by atoms with Crippen molar-refractivity contribution in [3.8, 4) is 0 Å². The van der Waals surface area contributed by atoms with Gasteiger partial charge in [0, 0.05) is 11.9 Å². The molecule has 0 saturated heterocycles. The summed E-state index contributed by atoms with van der Waals surface area (Å²) in [6.45, 7) is 4.85. The van der Waals surface area contributed by atoms with Gasteiger partial charge < -0.3 is 15.4 Å². The predicted octanol–water partition coefficient (Wildman–Crippen LogP) is 1.26. The van der Waals surface area contributed by atoms with Crippen molar-refractivity contribution >= 4 is 28.3 Å². The molecule has 0 aliphatic heterocycles. The van der Waals surface area contributed by atoms with Crippen LogP contribution in [0.2, 0.25) is 0 Å². The van der Waals surface area contributed by atoms with Crippen LogP contribution >= 0.6 is 11.3 Å². The second-order valence-electron chi connectivity index (χ2n) is 3.46. The fourth-order valence-corrected chi connectivity index (χ4v) is 1.82. The van der Waals surface area contributed by atoms with Gasteiger partial charge in [-0.2, -0.15) is 0 Å². The minimum absolute atomic E-state index is 0.0928. The molecule has 1 aromatic rings. The lowest BCUT2D eigenvalue weighted by atomic mass is 10.4. The summed E-state index contributed by atoms with van der Waals surface area (Å²) in [5.41, 5.74) is 0.262. The Balaban J connectivity index is 2.39. The summed E-state index contributed by atoms with van der Waals surface area (Å²) in [7, 11) is 0. The molecule has 0 aromatic carbocycles. The van der Waals surface area contributed by atoms with E-state index in [0.717, 1.165) is 6.42 Å². The third kappa shape index (κ3) is 4.70. The summed E-state index contributed by atoms with van der Waals surface area (Å²) in [5, 5.41) is 7.73. The Kier molecular flexibility index (Phi) is 6.13. The molecule has 1 amide bonds. The van der Waals surface area contributed by atoms with E-state index >= 15 is 0 Å². The fraction of sp³-hybridized carbons (Fsp3) is 0.545. The number of hydrogen-bond acceptors (Lipinski definition) is 6. The molecule has 0 bridgehead atoms. The number of hydrogen-bond donors (Lipinski definition) is 2. The van der Waals surface area contributed by atoms with E-state index in [9.17, 15) is 9.59 Å². The van der Waals surface area contributed by atoms with Gasteiger partial charge in [-0.1, -0.05) is 6.92 Å². The molecule has 0 atom stereocenters. The molecule has 0 fully saturated rings. The zero-order valence-electron chi connectivity index (χ0n) is 10.5. The number of carbonyl (C=O) groups excluding carboxylic acids is 2. The fourth-order valence-electron chi connectivity index (χ4n) is 1.14. The van der Waals surface area contributed by atoms with Crippen molar-refractivity contribution in [2.45, 2.75) is 20.3 Å². The van der Waals surface area contributed by atoms with E-state index in [2.05, 4.69) is 15.6 Å². The second-order valence-corrected chi connectivity index (χ2v) is 4.32. The second kappa shape index (κ2) is 7.65. The monoisotopic (exact) mass is 271 g/mol. The van der Waals surface area contributed by atoms with Gasteiger partial charge in [0.25, 0.3) is 0 Å². The number of amides is 1. The largest absolute Gasteiger partial charge is 0.461 e. The minimum Gasteiger partial charge on any atom is -0.461 e. The average molecular weight is 271 g/mol. The third-order valence-corrected chi connectivity index (χ3v) is 2.76. The molecule has 0 saturated carbocycles. The maximum atomic E-state index is 11.4. The number of nitrogens with zero attached hydrogens (tertiary/aromatic N) is 1. The number of thiazole rings is 1. The highest BCUT2D eigenvalue weighted by molar-refractivity contribution is 7.13. The molecule has 2 N–H and O–H groups in total. The minimum atomic E-state index is -0.447. The van der Waals surface area contributed by atoms with E-state index in [-0.39, 0.29) is 18.1 Å². The Bertz CT molecular complexity index is 406. The molecular weight excluding hydrogens is 254 g/mol. The van der Waals surface area contributed by atoms with Crippen molar-refractivity contribution in [2.75, 3.05) is 25.0 Å². The van der Waals surface area contributed by atoms with Crippen molar-refractivity contribution in [3.05, 3.63) is 11.1 Å². The number of anilines is 1. The van der Waals surface area contributed by atoms with Crippen LogP contribution in [0.5, 0.6) is 0 Å². The van der Waals surface area contributed by atoms with Crippen LogP contribution in [-0.2, 0) is 9.53 Å². The lowest BCUT2D eigenvalue weighted by Crippen LogP contribution is -2.30. The maximum Gasteiger partial charge on any atom is 0.357 e. The highest BCUT2D eigenvalue weighted by Gasteiger charge is 2.11. The van der Waals surface area contributed by atoms with Crippen molar-refractivity contribution in [1.29, 1.82) is 0 Å². The summed E-state index contributed by atoms with van der Waals surface area (Å²) in [6.07, 6.45) is 0.899. The van der Waals surface area contributed by atoms with E-state index in [1.54, 1.807) is 12.3 Å². The van der Waals surface area contributed by atoms with Crippen molar-refractivity contribution in [3.63, 3.8) is 0 Å². The van der Waals surface area contributed by atoms with E-state index in [1.807, 2.05) is 6.92 Å². The molecule has 1 heterocycles. The summed E-state index contributed by atoms with van der Waals surface area (Å²) in [6, 6.07) is 0. The van der Waals surface area contributed by atoms with E-state index in [4.69, 9.17) is 4.74 Å². The summed E-state index contributed by atoms with van der Waals surface area (Å²) in [4.78, 5) is 26.7. The molecule has 100 valence electrons. The highest BCUT2D eigenvalue weighted by Crippen LogP contribution is 2.15. The van der Waals surface area contributed by atoms with Crippen molar-refractivity contribution in [2.24, 2.45) is 0 Å². The molecule has 6 nitrogen and oxygen atoms in total. The number of carbonyl (C=O) groups is 2. The summed E-state index contributed by atoms with van der Waals surface area (Å²) < 4.78 is 4.82. The summed E-state index contributed by atoms with van der Waals surface area (Å²) in [5.74, 6) is -0.540. The van der Waals surface area contributed by atoms with Gasteiger partial charge in [-0.3, -0.25) is 4.79 Å². The standard InChI is InChI=1S/C11H17N3O3S/c1-3-5-12-9(15)6-13-11-14-8(7-18-11)10(16)17-4-2/h7H,3-6H2,1-2H3,(H,12,15)(H,13,14). The van der Waals surface area contributed by atoms with E-state index in [1.165, 1.54) is 11.3 Å². The lowest BCUT2D eigenvalue weighted by molar-refractivity contribution is -0.119.